The van der Waals surface area contributed by atoms with Gasteiger partial charge in [0.25, 0.3) is 0 Å². The molecule has 6 heterocycles. The Bertz CT molecular complexity index is 4410. The molecule has 0 aliphatic heterocycles. The number of benzene rings is 6. The molecule has 0 bridgehead atoms. The average Bonchev–Trinajstić information content (AvgIpc) is 0.881. The number of nitrogens with zero attached hydrogens (tertiary/aromatic N) is 6. The SMILES string of the molecule is C=C(C)C(=O)Oc1cc[c-]c(-c2ccccn2)c1.CCC.CCC(=O)Oc1cc[c-]c(-c2ccccn2)c1.CCC(=O)Oc1cc[c-]c(-c2ccccn2)c1.CCC(=O)Oc1cc[c-]c(-c2ccccn2)c1.CCC(=O)Oc1cc[c-]c(-c2ccccn2)c1.CCC(C)(C)C(=O)Oc1cc[c-]c(-c2ccccn2)c1.[Ir+3].[Ir+3]. The standard InChI is InChI=1S/C17H18NO2.C15H12NO2.4C14H12NO2.C3H8.2Ir/c1-4-17(2,3)16(19)20-14-9-7-8-13(12-14)15-10-5-6-11-18-15;1-11(2)15(17)18-13-7-5-6-12(10-13)14-8-3-4-9-16-14;4*1-2-14(16)17-12-7-5-6-11(10-12)13-8-3-4-9-15-13;1-3-2;;/h5-7,9-12H,4H2,1-3H3;3-5,7-10H,1H2,2H3;4*3-5,7-10H,2H2,1H3;3H2,1-2H3;;/q6*-1;;2*+3. The molecule has 12 aromatic rings. The molecule has 570 valence electrons. The van der Waals surface area contributed by atoms with Crippen molar-refractivity contribution < 1.29 is 97.4 Å². The van der Waals surface area contributed by atoms with E-state index in [1.54, 1.807) is 181 Å². The summed E-state index contributed by atoms with van der Waals surface area (Å²) in [5, 5.41) is 0. The summed E-state index contributed by atoms with van der Waals surface area (Å²) in [5.74, 6) is 1.43. The van der Waals surface area contributed by atoms with Gasteiger partial charge in [-0.05, 0) is 97.8 Å². The van der Waals surface area contributed by atoms with E-state index < -0.39 is 11.4 Å². The Morgan fingerprint density at radius 1 is 0.324 bits per heavy atom. The molecular formula is C91H86Ir2N6O12. The number of ether oxygens (including phenoxy) is 6. The predicted octanol–water partition coefficient (Wildman–Crippen LogP) is 19.8. The van der Waals surface area contributed by atoms with Gasteiger partial charge in [0.05, 0.1) is 39.9 Å². The maximum Gasteiger partial charge on any atom is 3.00 e. The van der Waals surface area contributed by atoms with Crippen LogP contribution in [0, 0.1) is 41.8 Å². The maximum absolute atomic E-state index is 12.1. The van der Waals surface area contributed by atoms with Crippen molar-refractivity contribution >= 4 is 35.8 Å². The Morgan fingerprint density at radius 3 is 0.694 bits per heavy atom. The van der Waals surface area contributed by atoms with Gasteiger partial charge < -0.3 is 58.3 Å². The number of hydrogen-bond donors (Lipinski definition) is 0. The van der Waals surface area contributed by atoms with Crippen LogP contribution in [0.25, 0.3) is 67.5 Å². The molecule has 6 aromatic carbocycles. The minimum atomic E-state index is -0.481. The third-order valence-corrected chi connectivity index (χ3v) is 14.6. The Hall–Kier alpha value is -11.9. The largest absolute Gasteiger partial charge is 3.00 e. The summed E-state index contributed by atoms with van der Waals surface area (Å²) in [4.78, 5) is 93.5. The second-order valence-corrected chi connectivity index (χ2v) is 23.7. The number of carbonyl (C=O) groups is 6. The number of pyridine rings is 6. The van der Waals surface area contributed by atoms with E-state index in [0.717, 1.165) is 74.0 Å². The van der Waals surface area contributed by atoms with E-state index in [0.29, 0.717) is 65.8 Å². The van der Waals surface area contributed by atoms with E-state index in [1.165, 1.54) is 6.42 Å². The van der Waals surface area contributed by atoms with Gasteiger partial charge in [-0.15, -0.1) is 179 Å². The van der Waals surface area contributed by atoms with Crippen LogP contribution >= 0.6 is 0 Å². The van der Waals surface area contributed by atoms with Gasteiger partial charge >= 0.3 is 76.0 Å². The molecule has 12 rings (SSSR count). The third-order valence-electron chi connectivity index (χ3n) is 14.6. The zero-order valence-corrected chi connectivity index (χ0v) is 68.2. The quantitative estimate of drug-likeness (QED) is 0.0317. The van der Waals surface area contributed by atoms with E-state index >= 15 is 0 Å². The summed E-state index contributed by atoms with van der Waals surface area (Å²) in [6.07, 6.45) is 13.7. The first kappa shape index (κ1) is 91.5. The molecule has 0 radical (unpaired) electrons. The van der Waals surface area contributed by atoms with E-state index in [2.05, 4.69) is 86.7 Å². The van der Waals surface area contributed by atoms with Crippen molar-refractivity contribution in [2.45, 2.75) is 108 Å². The smallest absolute Gasteiger partial charge is 0.447 e. The van der Waals surface area contributed by atoms with Gasteiger partial charge in [-0.25, -0.2) is 4.79 Å². The van der Waals surface area contributed by atoms with Crippen LogP contribution in [0.3, 0.4) is 0 Å². The van der Waals surface area contributed by atoms with Crippen LogP contribution in [0.5, 0.6) is 34.5 Å². The Morgan fingerprint density at radius 2 is 0.523 bits per heavy atom. The van der Waals surface area contributed by atoms with Gasteiger partial charge in [0.15, 0.2) is 0 Å². The van der Waals surface area contributed by atoms with Crippen molar-refractivity contribution in [2.75, 3.05) is 0 Å². The molecule has 111 heavy (non-hydrogen) atoms. The Labute approximate surface area is 677 Å². The van der Waals surface area contributed by atoms with Crippen LogP contribution < -0.4 is 28.4 Å². The first-order valence-corrected chi connectivity index (χ1v) is 35.3. The zero-order valence-electron chi connectivity index (χ0n) is 63.4. The normalized spacial score (nSPS) is 9.86. The van der Waals surface area contributed by atoms with Crippen LogP contribution in [0.4, 0.5) is 0 Å². The predicted molar refractivity (Wildman–Crippen MR) is 421 cm³/mol. The van der Waals surface area contributed by atoms with E-state index in [9.17, 15) is 28.8 Å². The van der Waals surface area contributed by atoms with Gasteiger partial charge in [0.1, 0.15) is 0 Å². The molecule has 0 aliphatic carbocycles. The molecule has 0 amide bonds. The van der Waals surface area contributed by atoms with Gasteiger partial charge in [-0.2, -0.15) is 0 Å². The van der Waals surface area contributed by atoms with Crippen molar-refractivity contribution in [1.82, 2.24) is 29.9 Å². The topological polar surface area (TPSA) is 235 Å². The van der Waals surface area contributed by atoms with E-state index in [1.807, 2.05) is 130 Å². The van der Waals surface area contributed by atoms with Gasteiger partial charge in [-0.1, -0.05) is 134 Å². The van der Waals surface area contributed by atoms with Gasteiger partial charge in [-0.3, -0.25) is 24.0 Å². The Balaban J connectivity index is 0.000000278. The van der Waals surface area contributed by atoms with Crippen molar-refractivity contribution in [2.24, 2.45) is 5.41 Å². The first-order chi connectivity index (χ1) is 52.8. The van der Waals surface area contributed by atoms with Crippen LogP contribution in [0.15, 0.2) is 268 Å². The number of carbonyl (C=O) groups excluding carboxylic acids is 6. The fraction of sp³-hybridized carbons (Fsp3) is 0.187. The summed E-state index contributed by atoms with van der Waals surface area (Å²) >= 11 is 0. The van der Waals surface area contributed by atoms with Gasteiger partial charge in [0, 0.05) is 68.4 Å². The maximum atomic E-state index is 12.1. The van der Waals surface area contributed by atoms with Crippen molar-refractivity contribution in [1.29, 1.82) is 0 Å². The second kappa shape index (κ2) is 50.7. The van der Waals surface area contributed by atoms with Crippen LogP contribution in [-0.2, 0) is 69.0 Å². The van der Waals surface area contributed by atoms with Crippen molar-refractivity contribution in [3.05, 3.63) is 304 Å². The van der Waals surface area contributed by atoms with Crippen molar-refractivity contribution in [3.63, 3.8) is 0 Å². The van der Waals surface area contributed by atoms with E-state index in [-0.39, 0.29) is 70.1 Å². The number of hydrogen-bond acceptors (Lipinski definition) is 18. The molecule has 0 unspecified atom stereocenters. The van der Waals surface area contributed by atoms with E-state index in [4.69, 9.17) is 28.4 Å². The molecule has 20 heteroatoms. The molecule has 0 spiro atoms. The molecule has 18 nitrogen and oxygen atoms in total. The van der Waals surface area contributed by atoms with Crippen LogP contribution in [0.1, 0.15) is 108 Å². The fourth-order valence-electron chi connectivity index (χ4n) is 8.47. The molecule has 6 aromatic heterocycles. The first-order valence-electron chi connectivity index (χ1n) is 35.3. The summed E-state index contributed by atoms with van der Waals surface area (Å²) in [5.41, 5.74) is 9.54. The Kier molecular flexibility index (Phi) is 41.7. The minimum Gasteiger partial charge on any atom is -0.447 e. The molecule has 0 N–H and O–H groups in total. The zero-order chi connectivity index (χ0) is 78.6. The summed E-state index contributed by atoms with van der Waals surface area (Å²) in [6, 6.07) is 83.4. The molecule has 0 atom stereocenters. The fourth-order valence-corrected chi connectivity index (χ4v) is 8.47. The monoisotopic (exact) mass is 1840 g/mol. The molecule has 0 saturated carbocycles. The summed E-state index contributed by atoms with van der Waals surface area (Å²) in [7, 11) is 0. The average molecular weight is 1840 g/mol. The van der Waals surface area contributed by atoms with Crippen LogP contribution in [-0.4, -0.2) is 65.7 Å². The molecule has 0 aliphatic rings. The number of rotatable bonds is 19. The summed E-state index contributed by atoms with van der Waals surface area (Å²) < 4.78 is 31.2. The molecular weight excluding hydrogens is 1750 g/mol. The summed E-state index contributed by atoms with van der Waals surface area (Å²) in [6.45, 7) is 22.2. The van der Waals surface area contributed by atoms with Crippen LogP contribution in [0.2, 0.25) is 0 Å². The van der Waals surface area contributed by atoms with Crippen molar-refractivity contribution in [3.8, 4) is 102 Å². The van der Waals surface area contributed by atoms with Gasteiger partial charge in [0.2, 0.25) is 0 Å². The second-order valence-electron chi connectivity index (χ2n) is 23.7. The molecule has 0 fully saturated rings. The minimum absolute atomic E-state index is 0. The third kappa shape index (κ3) is 33.2. The molecule has 0 saturated heterocycles. The number of esters is 6. The number of aromatic nitrogens is 6.